The van der Waals surface area contributed by atoms with E-state index in [9.17, 15) is 23.8 Å². The number of esters is 2. The predicted molar refractivity (Wildman–Crippen MR) is 245 cm³/mol. The van der Waals surface area contributed by atoms with E-state index in [1.54, 1.807) is 0 Å². The largest absolute Gasteiger partial charge is 0.480 e. The molecule has 60 heavy (non-hydrogen) atoms. The minimum absolute atomic E-state index is 0.148. The van der Waals surface area contributed by atoms with E-state index in [4.69, 9.17) is 24.8 Å². The van der Waals surface area contributed by atoms with Crippen molar-refractivity contribution in [1.82, 2.24) is 0 Å². The van der Waals surface area contributed by atoms with Crippen LogP contribution in [0.3, 0.4) is 0 Å². The number of hydrogen-bond donors (Lipinski definition) is 3. The van der Waals surface area contributed by atoms with Crippen molar-refractivity contribution in [3.05, 3.63) is 48.6 Å². The molecule has 0 spiro atoms. The Morgan fingerprint density at radius 3 is 1.38 bits per heavy atom. The van der Waals surface area contributed by atoms with Crippen LogP contribution in [-0.2, 0) is 37.5 Å². The number of rotatable bonds is 44. The Balaban J connectivity index is 4.38. The van der Waals surface area contributed by atoms with E-state index in [1.807, 2.05) is 6.08 Å². The summed E-state index contributed by atoms with van der Waals surface area (Å²) in [5.74, 6) is -2.44. The molecule has 0 aromatic heterocycles. The van der Waals surface area contributed by atoms with Gasteiger partial charge in [0.1, 0.15) is 12.6 Å². The second-order valence-corrected chi connectivity index (χ2v) is 17.3. The molecule has 3 atom stereocenters. The standard InChI is InChI=1S/C48H86NO10P/c1-3-5-7-9-11-13-15-17-19-21-22-24-26-28-30-32-34-36-38-40-47(51)59-44(42-57-60(54,55)58-43-45(49)48(52)53)41-56-46(50)39-37-35-33-31-29-27-25-23-20-18-16-14-12-10-8-6-4-2/h17-20,25,27,31,33,44-45H,3-16,21-24,26,28-30,32,34-43,49H2,1-2H3,(H,52,53)(H,54,55)/b19-17-,20-18-,27-25-,33-31-/t44-,45+/m1/s1. The molecule has 0 aliphatic carbocycles. The summed E-state index contributed by atoms with van der Waals surface area (Å²) in [7, 11) is -4.73. The minimum Gasteiger partial charge on any atom is -0.480 e. The van der Waals surface area contributed by atoms with E-state index in [2.05, 4.69) is 60.9 Å². The fraction of sp³-hybridized carbons (Fsp3) is 0.771. The highest BCUT2D eigenvalue weighted by Gasteiger charge is 2.28. The number of phosphoric acid groups is 1. The van der Waals surface area contributed by atoms with Gasteiger partial charge in [0.05, 0.1) is 13.2 Å². The first-order chi connectivity index (χ1) is 29.1. The third-order valence-electron chi connectivity index (χ3n) is 10.0. The molecule has 1 unspecified atom stereocenters. The fourth-order valence-corrected chi connectivity index (χ4v) is 7.09. The summed E-state index contributed by atoms with van der Waals surface area (Å²) < 4.78 is 32.7. The molecule has 0 aromatic rings. The molecule has 0 fully saturated rings. The van der Waals surface area contributed by atoms with Crippen LogP contribution in [0.4, 0.5) is 0 Å². The summed E-state index contributed by atoms with van der Waals surface area (Å²) in [6.45, 7) is 2.75. The number of carboxylic acid groups (broad SMARTS) is 1. The predicted octanol–water partition coefficient (Wildman–Crippen LogP) is 13.0. The van der Waals surface area contributed by atoms with Crippen molar-refractivity contribution in [2.75, 3.05) is 19.8 Å². The minimum atomic E-state index is -4.73. The summed E-state index contributed by atoms with van der Waals surface area (Å²) in [6.07, 6.45) is 48.9. The number of carboxylic acids is 1. The van der Waals surface area contributed by atoms with Crippen LogP contribution in [0.25, 0.3) is 0 Å². The van der Waals surface area contributed by atoms with Gasteiger partial charge in [-0.3, -0.25) is 23.4 Å². The SMILES string of the molecule is CCCCCCCC/C=C\C/C=C\C/C=C\CCCC(=O)OC[C@H](COP(=O)(O)OC[C@H](N)C(=O)O)OC(=O)CCCCCCCCCCC/C=C\CCCCCCCC. The number of nitrogens with two attached hydrogens (primary N) is 1. The van der Waals surface area contributed by atoms with Gasteiger partial charge in [0, 0.05) is 12.8 Å². The third-order valence-corrected chi connectivity index (χ3v) is 11.0. The summed E-state index contributed by atoms with van der Waals surface area (Å²) in [5, 5.41) is 8.90. The highest BCUT2D eigenvalue weighted by Crippen LogP contribution is 2.43. The molecule has 0 heterocycles. The Hall–Kier alpha value is -2.56. The van der Waals surface area contributed by atoms with E-state index < -0.39 is 51.1 Å². The van der Waals surface area contributed by atoms with Gasteiger partial charge < -0.3 is 25.2 Å². The number of carbonyl (C=O) groups is 3. The zero-order valence-corrected chi connectivity index (χ0v) is 38.7. The number of aliphatic carboxylic acids is 1. The Bertz CT molecular complexity index is 1200. The maximum atomic E-state index is 12.7. The van der Waals surface area contributed by atoms with Crippen molar-refractivity contribution in [1.29, 1.82) is 0 Å². The molecule has 0 bridgehead atoms. The Kier molecular flexibility index (Phi) is 41.3. The van der Waals surface area contributed by atoms with E-state index in [0.717, 1.165) is 38.5 Å². The molecular weight excluding hydrogens is 781 g/mol. The van der Waals surface area contributed by atoms with Crippen molar-refractivity contribution in [2.45, 2.75) is 219 Å². The first-order valence-electron chi connectivity index (χ1n) is 23.7. The van der Waals surface area contributed by atoms with Crippen molar-refractivity contribution >= 4 is 25.7 Å². The van der Waals surface area contributed by atoms with Crippen molar-refractivity contribution in [3.8, 4) is 0 Å². The lowest BCUT2D eigenvalue weighted by Crippen LogP contribution is -2.34. The smallest absolute Gasteiger partial charge is 0.472 e. The quantitative estimate of drug-likeness (QED) is 0.0230. The Labute approximate surface area is 365 Å². The summed E-state index contributed by atoms with van der Waals surface area (Å²) in [4.78, 5) is 46.0. The van der Waals surface area contributed by atoms with Gasteiger partial charge in [-0.1, -0.05) is 172 Å². The molecule has 0 aromatic carbocycles. The maximum Gasteiger partial charge on any atom is 0.472 e. The van der Waals surface area contributed by atoms with Crippen LogP contribution in [-0.4, -0.2) is 59.9 Å². The normalized spacial score (nSPS) is 14.1. The van der Waals surface area contributed by atoms with Crippen molar-refractivity contribution < 1.29 is 47.5 Å². The molecule has 0 amide bonds. The molecule has 0 saturated heterocycles. The third kappa shape index (κ3) is 42.1. The Morgan fingerprint density at radius 2 is 0.900 bits per heavy atom. The highest BCUT2D eigenvalue weighted by molar-refractivity contribution is 7.47. The van der Waals surface area contributed by atoms with Gasteiger partial charge in [-0.15, -0.1) is 0 Å². The fourth-order valence-electron chi connectivity index (χ4n) is 6.31. The van der Waals surface area contributed by atoms with Gasteiger partial charge in [0.25, 0.3) is 0 Å². The zero-order valence-electron chi connectivity index (χ0n) is 37.8. The van der Waals surface area contributed by atoms with Gasteiger partial charge in [-0.2, -0.15) is 0 Å². The molecule has 0 radical (unpaired) electrons. The number of phosphoric ester groups is 1. The lowest BCUT2D eigenvalue weighted by Gasteiger charge is -2.20. The van der Waals surface area contributed by atoms with Gasteiger partial charge >= 0.3 is 25.7 Å². The second-order valence-electron chi connectivity index (χ2n) is 15.9. The van der Waals surface area contributed by atoms with Crippen molar-refractivity contribution in [3.63, 3.8) is 0 Å². The second kappa shape index (κ2) is 43.1. The lowest BCUT2D eigenvalue weighted by atomic mass is 10.1. The topological polar surface area (TPSA) is 172 Å². The van der Waals surface area contributed by atoms with Crippen LogP contribution in [0.5, 0.6) is 0 Å². The maximum absolute atomic E-state index is 12.7. The van der Waals surface area contributed by atoms with Gasteiger partial charge in [-0.25, -0.2) is 4.57 Å². The zero-order chi connectivity index (χ0) is 44.2. The van der Waals surface area contributed by atoms with Crippen LogP contribution < -0.4 is 5.73 Å². The Morgan fingerprint density at radius 1 is 0.517 bits per heavy atom. The van der Waals surface area contributed by atoms with Crippen LogP contribution in [0.1, 0.15) is 206 Å². The van der Waals surface area contributed by atoms with E-state index in [-0.39, 0.29) is 19.4 Å². The molecule has 0 rings (SSSR count). The molecule has 0 aliphatic heterocycles. The number of ether oxygens (including phenoxy) is 2. The molecule has 348 valence electrons. The van der Waals surface area contributed by atoms with Gasteiger partial charge in [0.15, 0.2) is 6.10 Å². The number of carbonyl (C=O) groups excluding carboxylic acids is 2. The van der Waals surface area contributed by atoms with Crippen molar-refractivity contribution in [2.24, 2.45) is 5.73 Å². The summed E-state index contributed by atoms with van der Waals surface area (Å²) in [5.41, 5.74) is 5.34. The molecule has 12 heteroatoms. The number of unbranched alkanes of at least 4 members (excludes halogenated alkanes) is 22. The van der Waals surface area contributed by atoms with Crippen LogP contribution in [0.15, 0.2) is 48.6 Å². The average Bonchev–Trinajstić information content (AvgIpc) is 3.22. The van der Waals surface area contributed by atoms with Crippen LogP contribution in [0.2, 0.25) is 0 Å². The first-order valence-corrected chi connectivity index (χ1v) is 25.2. The summed E-state index contributed by atoms with van der Waals surface area (Å²) in [6, 6.07) is -1.53. The van der Waals surface area contributed by atoms with Gasteiger partial charge in [0.2, 0.25) is 0 Å². The number of allylic oxidation sites excluding steroid dienone is 8. The van der Waals surface area contributed by atoms with E-state index >= 15 is 0 Å². The average molecular weight is 868 g/mol. The molecule has 0 aliphatic rings. The molecule has 0 saturated carbocycles. The van der Waals surface area contributed by atoms with E-state index in [0.29, 0.717) is 19.3 Å². The molecule has 11 nitrogen and oxygen atoms in total. The van der Waals surface area contributed by atoms with E-state index in [1.165, 1.54) is 122 Å². The lowest BCUT2D eigenvalue weighted by molar-refractivity contribution is -0.161. The highest BCUT2D eigenvalue weighted by atomic mass is 31.2. The molecular formula is C48H86NO10P. The number of hydrogen-bond acceptors (Lipinski definition) is 9. The van der Waals surface area contributed by atoms with Crippen LogP contribution >= 0.6 is 7.82 Å². The first kappa shape index (κ1) is 57.4. The summed E-state index contributed by atoms with van der Waals surface area (Å²) >= 11 is 0. The monoisotopic (exact) mass is 868 g/mol. The van der Waals surface area contributed by atoms with Crippen LogP contribution in [0, 0.1) is 0 Å². The molecule has 4 N–H and O–H groups in total. The van der Waals surface area contributed by atoms with Gasteiger partial charge in [-0.05, 0) is 70.6 Å².